The van der Waals surface area contributed by atoms with E-state index in [0.29, 0.717) is 0 Å². The molecule has 1 unspecified atom stereocenters. The summed E-state index contributed by atoms with van der Waals surface area (Å²) >= 11 is 1.66. The molecule has 0 bridgehead atoms. The van der Waals surface area contributed by atoms with Gasteiger partial charge in [-0.2, -0.15) is 0 Å². The number of para-hydroxylation sites is 4. The summed E-state index contributed by atoms with van der Waals surface area (Å²) in [4.78, 5) is 7.40. The van der Waals surface area contributed by atoms with Crippen LogP contribution in [0.3, 0.4) is 0 Å². The fraction of sp³-hybridized carbons (Fsp3) is 0.188. The minimum Gasteiger partial charge on any atom is -0.459 e. The summed E-state index contributed by atoms with van der Waals surface area (Å²) in [7, 11) is 0. The number of hydrogen-bond donors (Lipinski definition) is 2. The third-order valence-corrected chi connectivity index (χ3v) is 3.76. The number of aromatic amines is 1. The second kappa shape index (κ2) is 6.10. The first-order chi connectivity index (χ1) is 10.3. The lowest BCUT2D eigenvalue weighted by Crippen LogP contribution is -2.13. The maximum Gasteiger partial charge on any atom is 0.218 e. The number of imidazole rings is 1. The van der Waals surface area contributed by atoms with Crippen LogP contribution in [0.25, 0.3) is 11.0 Å². The first-order valence-electron chi connectivity index (χ1n) is 6.72. The molecule has 0 aliphatic carbocycles. The average Bonchev–Trinajstić information content (AvgIpc) is 3.09. The topological polar surface area (TPSA) is 49.9 Å². The van der Waals surface area contributed by atoms with Crippen molar-refractivity contribution in [3.63, 3.8) is 0 Å². The Balaban J connectivity index is 0.000000126. The van der Waals surface area contributed by atoms with E-state index in [4.69, 9.17) is 4.74 Å². The van der Waals surface area contributed by atoms with Gasteiger partial charge in [0.15, 0.2) is 0 Å². The van der Waals surface area contributed by atoms with Crippen molar-refractivity contribution in [2.75, 3.05) is 11.6 Å². The molecule has 3 aromatic rings. The number of thioether (sulfide) groups is 1. The summed E-state index contributed by atoms with van der Waals surface area (Å²) in [5.41, 5.74) is 3.33. The molecule has 1 aliphatic rings. The lowest BCUT2D eigenvalue weighted by atomic mass is 10.3. The maximum absolute atomic E-state index is 5.51. The predicted molar refractivity (Wildman–Crippen MR) is 88.8 cm³/mol. The van der Waals surface area contributed by atoms with Gasteiger partial charge in [0.05, 0.1) is 16.7 Å². The third kappa shape index (κ3) is 3.13. The lowest BCUT2D eigenvalue weighted by Gasteiger charge is -2.05. The fourth-order valence-electron chi connectivity index (χ4n) is 2.15. The van der Waals surface area contributed by atoms with Crippen molar-refractivity contribution in [2.24, 2.45) is 0 Å². The van der Waals surface area contributed by atoms with Crippen LogP contribution in [0.4, 0.5) is 5.69 Å². The van der Waals surface area contributed by atoms with Crippen molar-refractivity contribution in [2.45, 2.75) is 12.5 Å². The highest BCUT2D eigenvalue weighted by Gasteiger charge is 2.18. The summed E-state index contributed by atoms with van der Waals surface area (Å²) in [6.07, 6.45) is 2.02. The Morgan fingerprint density at radius 3 is 2.62 bits per heavy atom. The summed E-state index contributed by atoms with van der Waals surface area (Å²) in [6, 6.07) is 16.0. The number of benzene rings is 2. The molecule has 1 atom stereocenters. The van der Waals surface area contributed by atoms with Gasteiger partial charge in [0, 0.05) is 0 Å². The largest absolute Gasteiger partial charge is 0.459 e. The molecule has 1 aromatic heterocycles. The number of aromatic nitrogens is 2. The van der Waals surface area contributed by atoms with Crippen molar-refractivity contribution < 1.29 is 4.74 Å². The van der Waals surface area contributed by atoms with Gasteiger partial charge in [-0.15, -0.1) is 0 Å². The number of hydrogen-bond acceptors (Lipinski definition) is 4. The molecule has 0 amide bonds. The molecule has 2 N–H and O–H groups in total. The summed E-state index contributed by atoms with van der Waals surface area (Å²) in [5.74, 6) is 1.92. The van der Waals surface area contributed by atoms with Gasteiger partial charge in [-0.3, -0.25) is 0 Å². The van der Waals surface area contributed by atoms with Crippen LogP contribution >= 0.6 is 11.8 Å². The van der Waals surface area contributed by atoms with E-state index in [1.54, 1.807) is 11.8 Å². The second-order valence-electron chi connectivity index (χ2n) is 4.67. The highest BCUT2D eigenvalue weighted by atomic mass is 32.2. The number of nitrogens with zero attached hydrogens (tertiary/aromatic N) is 1. The van der Waals surface area contributed by atoms with Crippen molar-refractivity contribution in [3.05, 3.63) is 54.4 Å². The Bertz CT molecular complexity index is 683. The first-order valence-corrected chi connectivity index (χ1v) is 8.01. The number of H-pyrrole nitrogens is 1. The zero-order valence-electron chi connectivity index (χ0n) is 12.0. The molecule has 0 saturated carbocycles. The number of anilines is 1. The molecule has 2 aromatic carbocycles. The molecular formula is C16H17N3OS. The summed E-state index contributed by atoms with van der Waals surface area (Å²) in [5, 5.41) is 3.22. The molecule has 4 rings (SSSR count). The van der Waals surface area contributed by atoms with Gasteiger partial charge in [-0.25, -0.2) is 4.98 Å². The zero-order valence-corrected chi connectivity index (χ0v) is 12.8. The highest BCUT2D eigenvalue weighted by molar-refractivity contribution is 7.99. The van der Waals surface area contributed by atoms with Gasteiger partial charge >= 0.3 is 0 Å². The zero-order chi connectivity index (χ0) is 14.7. The van der Waals surface area contributed by atoms with Crippen LogP contribution in [0.15, 0.2) is 48.5 Å². The average molecular weight is 299 g/mol. The standard InChI is InChI=1S/C8H8N2.C8H9NOS/c1-6-9-7-4-2-3-5-8(7)10-6;1-11-8-9-6-4-2-3-5-7(6)10-8/h2-5H,1H3,(H,9,10);2-5,8-9H,1H3. The van der Waals surface area contributed by atoms with E-state index in [2.05, 4.69) is 15.3 Å². The Labute approximate surface area is 127 Å². The Morgan fingerprint density at radius 2 is 1.86 bits per heavy atom. The van der Waals surface area contributed by atoms with Crippen LogP contribution in [0.5, 0.6) is 5.75 Å². The molecule has 2 heterocycles. The van der Waals surface area contributed by atoms with Crippen LogP contribution in [-0.4, -0.2) is 21.8 Å². The Morgan fingerprint density at radius 1 is 1.10 bits per heavy atom. The van der Waals surface area contributed by atoms with Crippen molar-refractivity contribution in [1.29, 1.82) is 0 Å². The maximum atomic E-state index is 5.51. The number of ether oxygens (including phenoxy) is 1. The van der Waals surface area contributed by atoms with Gasteiger partial charge in [0.2, 0.25) is 5.56 Å². The van der Waals surface area contributed by atoms with E-state index in [1.165, 1.54) is 0 Å². The number of nitrogens with one attached hydrogen (secondary N) is 2. The second-order valence-corrected chi connectivity index (χ2v) is 5.56. The van der Waals surface area contributed by atoms with Gasteiger partial charge in [0.25, 0.3) is 0 Å². The number of rotatable bonds is 1. The highest BCUT2D eigenvalue weighted by Crippen LogP contribution is 2.33. The Hall–Kier alpha value is -2.14. The molecule has 0 spiro atoms. The molecule has 5 heteroatoms. The molecule has 4 nitrogen and oxygen atoms in total. The quantitative estimate of drug-likeness (QED) is 0.713. The molecule has 1 aliphatic heterocycles. The van der Waals surface area contributed by atoms with Crippen molar-refractivity contribution in [1.82, 2.24) is 9.97 Å². The SMILES string of the molecule is CSC1Nc2ccccc2O1.Cc1nc2ccccc2[nH]1. The fourth-order valence-corrected chi connectivity index (χ4v) is 2.59. The van der Waals surface area contributed by atoms with E-state index in [9.17, 15) is 0 Å². The summed E-state index contributed by atoms with van der Waals surface area (Å²) in [6.45, 7) is 1.96. The normalized spacial score (nSPS) is 15.6. The van der Waals surface area contributed by atoms with E-state index in [1.807, 2.05) is 61.7 Å². The first kappa shape index (κ1) is 13.8. The minimum atomic E-state index is 0.0902. The predicted octanol–water partition coefficient (Wildman–Crippen LogP) is 4.01. The van der Waals surface area contributed by atoms with E-state index < -0.39 is 0 Å². The van der Waals surface area contributed by atoms with E-state index in [-0.39, 0.29) is 5.56 Å². The van der Waals surface area contributed by atoms with E-state index in [0.717, 1.165) is 28.3 Å². The van der Waals surface area contributed by atoms with Crippen LogP contribution in [-0.2, 0) is 0 Å². The lowest BCUT2D eigenvalue weighted by molar-refractivity contribution is 0.341. The molecular weight excluding hydrogens is 282 g/mol. The monoisotopic (exact) mass is 299 g/mol. The number of fused-ring (bicyclic) bond motifs is 2. The smallest absolute Gasteiger partial charge is 0.218 e. The summed E-state index contributed by atoms with van der Waals surface area (Å²) < 4.78 is 5.51. The van der Waals surface area contributed by atoms with Gasteiger partial charge < -0.3 is 15.0 Å². The van der Waals surface area contributed by atoms with Gasteiger partial charge in [-0.05, 0) is 37.4 Å². The van der Waals surface area contributed by atoms with E-state index >= 15 is 0 Å². The molecule has 0 fully saturated rings. The van der Waals surface area contributed by atoms with Crippen LogP contribution in [0, 0.1) is 6.92 Å². The third-order valence-electron chi connectivity index (χ3n) is 3.12. The molecule has 108 valence electrons. The van der Waals surface area contributed by atoms with Crippen LogP contribution in [0.1, 0.15) is 5.82 Å². The van der Waals surface area contributed by atoms with Gasteiger partial charge in [0.1, 0.15) is 11.6 Å². The van der Waals surface area contributed by atoms with Crippen LogP contribution in [0.2, 0.25) is 0 Å². The van der Waals surface area contributed by atoms with Crippen molar-refractivity contribution >= 4 is 28.5 Å². The minimum absolute atomic E-state index is 0.0902. The molecule has 0 saturated heterocycles. The Kier molecular flexibility index (Phi) is 4.01. The van der Waals surface area contributed by atoms with Crippen LogP contribution < -0.4 is 10.1 Å². The van der Waals surface area contributed by atoms with Crippen molar-refractivity contribution in [3.8, 4) is 5.75 Å². The molecule has 0 radical (unpaired) electrons. The number of aryl methyl sites for hydroxylation is 1. The van der Waals surface area contributed by atoms with Gasteiger partial charge in [-0.1, -0.05) is 36.0 Å². The molecule has 21 heavy (non-hydrogen) atoms.